The molecule has 0 aliphatic heterocycles. The Labute approximate surface area is 129 Å². The predicted octanol–water partition coefficient (Wildman–Crippen LogP) is 4.00. The Morgan fingerprint density at radius 1 is 1.29 bits per heavy atom. The van der Waals surface area contributed by atoms with Crippen molar-refractivity contribution >= 4 is 28.3 Å². The van der Waals surface area contributed by atoms with Gasteiger partial charge in [-0.05, 0) is 49.4 Å². The molecule has 0 fully saturated rings. The zero-order chi connectivity index (χ0) is 15.1. The number of carbonyl (C=O) groups excluding carboxylic acids is 1. The average Bonchev–Trinajstić information content (AvgIpc) is 2.47. The van der Waals surface area contributed by atoms with Crippen LogP contribution in [-0.2, 0) is 9.53 Å². The molecule has 112 valence electrons. The number of unbranched alkanes of at least 4 members (excludes halogenated alkanes) is 1. The quantitative estimate of drug-likeness (QED) is 0.441. The molecule has 5 heteroatoms. The number of fused-ring (bicyclic) bond motifs is 1. The minimum Gasteiger partial charge on any atom is -0.494 e. The summed E-state index contributed by atoms with van der Waals surface area (Å²) >= 11 is 6.01. The molecule has 2 rings (SSSR count). The van der Waals surface area contributed by atoms with Crippen LogP contribution in [0, 0.1) is 0 Å². The van der Waals surface area contributed by atoms with Crippen LogP contribution in [0.25, 0.3) is 10.8 Å². The smallest absolute Gasteiger partial charge is 0.305 e. The summed E-state index contributed by atoms with van der Waals surface area (Å²) in [6.07, 6.45) is 3.69. The monoisotopic (exact) mass is 307 g/mol. The van der Waals surface area contributed by atoms with Crippen LogP contribution in [-0.4, -0.2) is 24.2 Å². The normalized spacial score (nSPS) is 10.6. The highest BCUT2D eigenvalue weighted by Gasteiger charge is 2.03. The van der Waals surface area contributed by atoms with E-state index in [2.05, 4.69) is 4.98 Å². The molecule has 2 aromatic rings. The molecule has 21 heavy (non-hydrogen) atoms. The maximum absolute atomic E-state index is 11.2. The molecule has 4 nitrogen and oxygen atoms in total. The number of benzene rings is 1. The van der Waals surface area contributed by atoms with E-state index in [1.54, 1.807) is 6.20 Å². The van der Waals surface area contributed by atoms with Crippen LogP contribution in [0.15, 0.2) is 30.5 Å². The Morgan fingerprint density at radius 2 is 2.14 bits per heavy atom. The second-order valence-electron chi connectivity index (χ2n) is 4.60. The van der Waals surface area contributed by atoms with Gasteiger partial charge in [-0.3, -0.25) is 4.79 Å². The highest BCUT2D eigenvalue weighted by molar-refractivity contribution is 6.34. The number of halogens is 1. The summed E-state index contributed by atoms with van der Waals surface area (Å²) in [4.78, 5) is 15.2. The molecule has 1 aromatic heterocycles. The van der Waals surface area contributed by atoms with Gasteiger partial charge in [0.15, 0.2) is 0 Å². The number of hydrogen-bond donors (Lipinski definition) is 0. The number of aromatic nitrogens is 1. The van der Waals surface area contributed by atoms with Gasteiger partial charge < -0.3 is 9.47 Å². The van der Waals surface area contributed by atoms with Crippen LogP contribution >= 0.6 is 11.6 Å². The van der Waals surface area contributed by atoms with Crippen LogP contribution in [0.4, 0.5) is 0 Å². The molecular formula is C16H18ClNO3. The largest absolute Gasteiger partial charge is 0.494 e. The number of esters is 1. The lowest BCUT2D eigenvalue weighted by molar-refractivity contribution is -0.143. The molecule has 0 saturated carbocycles. The van der Waals surface area contributed by atoms with Crippen LogP contribution in [0.3, 0.4) is 0 Å². The lowest BCUT2D eigenvalue weighted by Crippen LogP contribution is -2.05. The van der Waals surface area contributed by atoms with Crippen molar-refractivity contribution < 1.29 is 14.3 Å². The van der Waals surface area contributed by atoms with Crippen LogP contribution < -0.4 is 4.74 Å². The minimum absolute atomic E-state index is 0.148. The van der Waals surface area contributed by atoms with Gasteiger partial charge in [0, 0.05) is 18.0 Å². The third-order valence-electron chi connectivity index (χ3n) is 3.04. The molecule has 1 heterocycles. The number of nitrogens with zero attached hydrogens (tertiary/aromatic N) is 1. The maximum atomic E-state index is 11.2. The Morgan fingerprint density at radius 3 is 2.95 bits per heavy atom. The summed E-state index contributed by atoms with van der Waals surface area (Å²) in [5.74, 6) is 0.645. The van der Waals surface area contributed by atoms with Gasteiger partial charge in [-0.1, -0.05) is 11.6 Å². The first-order valence-electron chi connectivity index (χ1n) is 7.03. The van der Waals surface area contributed by atoms with Gasteiger partial charge in [0.1, 0.15) is 10.9 Å². The Hall–Kier alpha value is -1.81. The molecule has 0 atom stereocenters. The lowest BCUT2D eigenvalue weighted by atomic mass is 10.2. The molecule has 0 N–H and O–H groups in total. The van der Waals surface area contributed by atoms with Gasteiger partial charge in [0.25, 0.3) is 0 Å². The molecule has 0 saturated heterocycles. The number of hydrogen-bond acceptors (Lipinski definition) is 4. The van der Waals surface area contributed by atoms with Gasteiger partial charge in [-0.15, -0.1) is 0 Å². The standard InChI is InChI=1S/C16H18ClNO3/c1-2-20-15(19)5-3-4-10-21-13-6-7-14-12(11-13)8-9-18-16(14)17/h6-9,11H,2-5,10H2,1H3. The van der Waals surface area contributed by atoms with E-state index in [4.69, 9.17) is 21.1 Å². The Bertz CT molecular complexity index is 615. The molecule has 0 spiro atoms. The van der Waals surface area contributed by atoms with Crippen molar-refractivity contribution in [3.8, 4) is 5.75 Å². The summed E-state index contributed by atoms with van der Waals surface area (Å²) in [5, 5.41) is 2.40. The Kier molecular flexibility index (Phi) is 5.81. The van der Waals surface area contributed by atoms with Crippen molar-refractivity contribution in [3.63, 3.8) is 0 Å². The summed E-state index contributed by atoms with van der Waals surface area (Å²) in [6, 6.07) is 7.61. The lowest BCUT2D eigenvalue weighted by Gasteiger charge is -2.07. The highest BCUT2D eigenvalue weighted by Crippen LogP contribution is 2.25. The van der Waals surface area contributed by atoms with E-state index >= 15 is 0 Å². The molecule has 0 unspecified atom stereocenters. The van der Waals surface area contributed by atoms with E-state index in [1.165, 1.54) is 0 Å². The second kappa shape index (κ2) is 7.84. The fourth-order valence-corrected chi connectivity index (χ4v) is 2.23. The van der Waals surface area contributed by atoms with Crippen molar-refractivity contribution in [1.29, 1.82) is 0 Å². The fraction of sp³-hybridized carbons (Fsp3) is 0.375. The molecule has 0 aliphatic rings. The van der Waals surface area contributed by atoms with Crippen molar-refractivity contribution in [1.82, 2.24) is 4.98 Å². The zero-order valence-electron chi connectivity index (χ0n) is 12.0. The van der Waals surface area contributed by atoms with Crippen molar-refractivity contribution in [2.45, 2.75) is 26.2 Å². The molecule has 0 radical (unpaired) electrons. The van der Waals surface area contributed by atoms with Crippen LogP contribution in [0.5, 0.6) is 5.75 Å². The van der Waals surface area contributed by atoms with E-state index in [1.807, 2.05) is 31.2 Å². The zero-order valence-corrected chi connectivity index (χ0v) is 12.7. The maximum Gasteiger partial charge on any atom is 0.305 e. The van der Waals surface area contributed by atoms with Crippen LogP contribution in [0.1, 0.15) is 26.2 Å². The molecule has 0 aliphatic carbocycles. The van der Waals surface area contributed by atoms with Crippen LogP contribution in [0.2, 0.25) is 5.15 Å². The first-order chi connectivity index (χ1) is 10.2. The van der Waals surface area contributed by atoms with Gasteiger partial charge in [-0.2, -0.15) is 0 Å². The number of rotatable bonds is 7. The number of ether oxygens (including phenoxy) is 2. The Balaban J connectivity index is 1.80. The number of carbonyl (C=O) groups is 1. The van der Waals surface area contributed by atoms with E-state index in [-0.39, 0.29) is 5.97 Å². The molecule has 0 bridgehead atoms. The predicted molar refractivity (Wildman–Crippen MR) is 82.7 cm³/mol. The topological polar surface area (TPSA) is 48.4 Å². The van der Waals surface area contributed by atoms with E-state index in [9.17, 15) is 4.79 Å². The fourth-order valence-electron chi connectivity index (χ4n) is 2.00. The highest BCUT2D eigenvalue weighted by atomic mass is 35.5. The van der Waals surface area contributed by atoms with Gasteiger partial charge in [0.2, 0.25) is 0 Å². The van der Waals surface area contributed by atoms with Crippen molar-refractivity contribution in [2.24, 2.45) is 0 Å². The number of pyridine rings is 1. The first kappa shape index (κ1) is 15.6. The van der Waals surface area contributed by atoms with Crippen molar-refractivity contribution in [2.75, 3.05) is 13.2 Å². The summed E-state index contributed by atoms with van der Waals surface area (Å²) in [7, 11) is 0. The SMILES string of the molecule is CCOC(=O)CCCCOc1ccc2c(Cl)nccc2c1. The molecule has 0 amide bonds. The van der Waals surface area contributed by atoms with E-state index in [0.717, 1.165) is 29.4 Å². The average molecular weight is 308 g/mol. The van der Waals surface area contributed by atoms with Gasteiger partial charge in [0.05, 0.1) is 13.2 Å². The van der Waals surface area contributed by atoms with Crippen molar-refractivity contribution in [3.05, 3.63) is 35.6 Å². The second-order valence-corrected chi connectivity index (χ2v) is 4.95. The summed E-state index contributed by atoms with van der Waals surface area (Å²) in [5.41, 5.74) is 0. The minimum atomic E-state index is -0.148. The van der Waals surface area contributed by atoms with Gasteiger partial charge >= 0.3 is 5.97 Å². The first-order valence-corrected chi connectivity index (χ1v) is 7.41. The third kappa shape index (κ3) is 4.60. The van der Waals surface area contributed by atoms with E-state index < -0.39 is 0 Å². The van der Waals surface area contributed by atoms with E-state index in [0.29, 0.717) is 24.8 Å². The third-order valence-corrected chi connectivity index (χ3v) is 3.34. The summed E-state index contributed by atoms with van der Waals surface area (Å²) < 4.78 is 10.5. The van der Waals surface area contributed by atoms with Gasteiger partial charge in [-0.25, -0.2) is 4.98 Å². The molecule has 1 aromatic carbocycles. The molecular weight excluding hydrogens is 290 g/mol. The summed E-state index contributed by atoms with van der Waals surface area (Å²) in [6.45, 7) is 2.82.